The summed E-state index contributed by atoms with van der Waals surface area (Å²) in [5, 5.41) is 17.6. The first-order valence-electron chi connectivity index (χ1n) is 12.0. The van der Waals surface area contributed by atoms with Crippen molar-refractivity contribution < 1.29 is 9.90 Å². The molecular formula is C24H37N3O2. The molecule has 4 aliphatic carbocycles. The van der Waals surface area contributed by atoms with E-state index in [4.69, 9.17) is 0 Å². The van der Waals surface area contributed by atoms with E-state index in [1.807, 2.05) is 0 Å². The predicted octanol–water partition coefficient (Wildman–Crippen LogP) is 4.33. The van der Waals surface area contributed by atoms with E-state index in [-0.39, 0.29) is 11.3 Å². The lowest BCUT2D eigenvalue weighted by Crippen LogP contribution is -2.51. The molecule has 4 saturated carbocycles. The summed E-state index contributed by atoms with van der Waals surface area (Å²) >= 11 is 0. The Balaban J connectivity index is 1.31. The second kappa shape index (κ2) is 7.18. The molecule has 5 nitrogen and oxygen atoms in total. The smallest absolute Gasteiger partial charge is 0.144 e. The standard InChI is InChI=1S/C24H37N3O2/c1-3-24(29)11-9-16-15(13-24)4-5-18-17(16)8-10-23(2)19(18)6-7-20(23)21(28)12-22-25-14-26-27-22/h14-20,29H,3-13H2,1-2H3,(H,25,26,27). The van der Waals surface area contributed by atoms with Crippen molar-refractivity contribution in [1.29, 1.82) is 0 Å². The normalized spacial score (nSPS) is 46.6. The van der Waals surface area contributed by atoms with Crippen LogP contribution in [0.1, 0.15) is 83.9 Å². The van der Waals surface area contributed by atoms with Crippen LogP contribution in [0.5, 0.6) is 0 Å². The molecule has 4 aliphatic rings. The molecule has 0 aromatic carbocycles. The summed E-state index contributed by atoms with van der Waals surface area (Å²) in [7, 11) is 0. The second-order valence-electron chi connectivity index (χ2n) is 11.0. The van der Waals surface area contributed by atoms with E-state index < -0.39 is 5.60 Å². The van der Waals surface area contributed by atoms with Gasteiger partial charge < -0.3 is 5.11 Å². The SMILES string of the molecule is CCC1(O)CCC2C(CCC3C2CCC2(C)C(C(=O)Cc4ncn[nH]4)CCC32)C1. The maximum absolute atomic E-state index is 13.1. The van der Waals surface area contributed by atoms with Crippen molar-refractivity contribution in [3.63, 3.8) is 0 Å². The van der Waals surface area contributed by atoms with E-state index >= 15 is 0 Å². The van der Waals surface area contributed by atoms with E-state index in [0.717, 1.165) is 49.4 Å². The van der Waals surface area contributed by atoms with E-state index in [1.54, 1.807) is 0 Å². The van der Waals surface area contributed by atoms with Crippen LogP contribution in [0.15, 0.2) is 6.33 Å². The van der Waals surface area contributed by atoms with Gasteiger partial charge in [0.2, 0.25) is 0 Å². The van der Waals surface area contributed by atoms with Crippen molar-refractivity contribution in [3.8, 4) is 0 Å². The Bertz CT molecular complexity index is 749. The molecule has 160 valence electrons. The van der Waals surface area contributed by atoms with Crippen molar-refractivity contribution >= 4 is 5.78 Å². The first-order chi connectivity index (χ1) is 13.9. The Kier molecular flexibility index (Phi) is 4.88. The maximum atomic E-state index is 13.1. The van der Waals surface area contributed by atoms with Gasteiger partial charge in [0.1, 0.15) is 17.9 Å². The molecule has 0 spiro atoms. The minimum Gasteiger partial charge on any atom is -0.390 e. The number of fused-ring (bicyclic) bond motifs is 5. The highest BCUT2D eigenvalue weighted by atomic mass is 16.3. The van der Waals surface area contributed by atoms with Crippen LogP contribution in [0.2, 0.25) is 0 Å². The average Bonchev–Trinajstić information content (AvgIpc) is 3.34. The molecule has 2 N–H and O–H groups in total. The van der Waals surface area contributed by atoms with Crippen LogP contribution in [-0.4, -0.2) is 31.7 Å². The highest BCUT2D eigenvalue weighted by Gasteiger charge is 2.58. The van der Waals surface area contributed by atoms with Gasteiger partial charge in [0.25, 0.3) is 0 Å². The summed E-state index contributed by atoms with van der Waals surface area (Å²) in [4.78, 5) is 17.3. The number of aromatic nitrogens is 3. The first kappa shape index (κ1) is 19.7. The van der Waals surface area contributed by atoms with Crippen LogP contribution in [0.25, 0.3) is 0 Å². The molecular weight excluding hydrogens is 362 g/mol. The predicted molar refractivity (Wildman–Crippen MR) is 111 cm³/mol. The Labute approximate surface area is 174 Å². The number of hydrogen-bond donors (Lipinski definition) is 2. The van der Waals surface area contributed by atoms with Crippen molar-refractivity contribution in [2.75, 3.05) is 0 Å². The minimum absolute atomic E-state index is 0.171. The first-order valence-corrected chi connectivity index (χ1v) is 12.0. The van der Waals surface area contributed by atoms with Gasteiger partial charge in [0.05, 0.1) is 12.0 Å². The number of aliphatic hydroxyl groups is 1. The average molecular weight is 400 g/mol. The van der Waals surface area contributed by atoms with Crippen molar-refractivity contribution in [2.45, 2.75) is 90.1 Å². The summed E-state index contributed by atoms with van der Waals surface area (Å²) in [6.45, 7) is 4.57. The third-order valence-corrected chi connectivity index (χ3v) is 9.96. The van der Waals surface area contributed by atoms with Crippen LogP contribution in [-0.2, 0) is 11.2 Å². The molecule has 4 fully saturated rings. The van der Waals surface area contributed by atoms with E-state index in [9.17, 15) is 9.90 Å². The molecule has 0 saturated heterocycles. The minimum atomic E-state index is -0.400. The van der Waals surface area contributed by atoms with Crippen LogP contribution in [0.4, 0.5) is 0 Å². The number of nitrogens with one attached hydrogen (secondary N) is 1. The molecule has 0 bridgehead atoms. The van der Waals surface area contributed by atoms with E-state index in [0.29, 0.717) is 23.9 Å². The number of hydrogen-bond acceptors (Lipinski definition) is 4. The van der Waals surface area contributed by atoms with E-state index in [1.165, 1.54) is 44.9 Å². The zero-order valence-electron chi connectivity index (χ0n) is 18.1. The highest BCUT2D eigenvalue weighted by Crippen LogP contribution is 2.64. The molecule has 5 rings (SSSR count). The quantitative estimate of drug-likeness (QED) is 0.790. The Hall–Kier alpha value is -1.23. The molecule has 1 heterocycles. The number of aromatic amines is 1. The van der Waals surface area contributed by atoms with Gasteiger partial charge in [0.15, 0.2) is 0 Å². The van der Waals surface area contributed by atoms with Gasteiger partial charge in [0, 0.05) is 5.92 Å². The molecule has 0 amide bonds. The largest absolute Gasteiger partial charge is 0.390 e. The lowest BCUT2D eigenvalue weighted by Gasteiger charge is -2.57. The zero-order chi connectivity index (χ0) is 20.2. The van der Waals surface area contributed by atoms with Crippen LogP contribution >= 0.6 is 0 Å². The lowest BCUT2D eigenvalue weighted by atomic mass is 9.48. The van der Waals surface area contributed by atoms with Gasteiger partial charge in [-0.25, -0.2) is 4.98 Å². The summed E-state index contributed by atoms with van der Waals surface area (Å²) in [5.41, 5.74) is -0.229. The number of Topliss-reactive ketones (excluding diaryl/α,β-unsaturated/α-hetero) is 1. The van der Waals surface area contributed by atoms with Crippen LogP contribution in [0.3, 0.4) is 0 Å². The van der Waals surface area contributed by atoms with Crippen LogP contribution in [0, 0.1) is 40.9 Å². The Morgan fingerprint density at radius 2 is 1.97 bits per heavy atom. The zero-order valence-corrected chi connectivity index (χ0v) is 18.1. The summed E-state index contributed by atoms with van der Waals surface area (Å²) in [5.74, 6) is 5.14. The number of H-pyrrole nitrogens is 1. The molecule has 8 atom stereocenters. The monoisotopic (exact) mass is 399 g/mol. The number of nitrogens with zero attached hydrogens (tertiary/aromatic N) is 2. The third kappa shape index (κ3) is 3.19. The fraction of sp³-hybridized carbons (Fsp3) is 0.875. The Morgan fingerprint density at radius 3 is 2.72 bits per heavy atom. The van der Waals surface area contributed by atoms with Crippen LogP contribution < -0.4 is 0 Å². The van der Waals surface area contributed by atoms with Gasteiger partial charge in [-0.2, -0.15) is 5.10 Å². The van der Waals surface area contributed by atoms with Gasteiger partial charge in [-0.05, 0) is 99.2 Å². The maximum Gasteiger partial charge on any atom is 0.144 e. The van der Waals surface area contributed by atoms with Gasteiger partial charge in [-0.1, -0.05) is 13.8 Å². The van der Waals surface area contributed by atoms with Crippen molar-refractivity contribution in [2.24, 2.45) is 40.9 Å². The third-order valence-electron chi connectivity index (χ3n) is 9.96. The number of carbonyl (C=O) groups excluding carboxylic acids is 1. The summed E-state index contributed by atoms with van der Waals surface area (Å²) in [6, 6.07) is 0. The fourth-order valence-electron chi connectivity index (χ4n) is 8.42. The molecule has 0 aliphatic heterocycles. The number of ketones is 1. The summed E-state index contributed by atoms with van der Waals surface area (Å²) < 4.78 is 0. The number of rotatable bonds is 4. The van der Waals surface area contributed by atoms with E-state index in [2.05, 4.69) is 29.0 Å². The Morgan fingerprint density at radius 1 is 1.14 bits per heavy atom. The molecule has 1 aromatic rings. The van der Waals surface area contributed by atoms with Gasteiger partial charge in [-0.15, -0.1) is 0 Å². The molecule has 5 heteroatoms. The molecule has 0 radical (unpaired) electrons. The fourth-order valence-corrected chi connectivity index (χ4v) is 8.42. The lowest BCUT2D eigenvalue weighted by molar-refractivity contribution is -0.132. The van der Waals surface area contributed by atoms with Crippen molar-refractivity contribution in [1.82, 2.24) is 15.2 Å². The number of carbonyl (C=O) groups is 1. The topological polar surface area (TPSA) is 78.9 Å². The second-order valence-corrected chi connectivity index (χ2v) is 11.0. The van der Waals surface area contributed by atoms with Gasteiger partial charge >= 0.3 is 0 Å². The molecule has 29 heavy (non-hydrogen) atoms. The molecule has 1 aromatic heterocycles. The molecule has 8 unspecified atom stereocenters. The summed E-state index contributed by atoms with van der Waals surface area (Å²) in [6.07, 6.45) is 13.4. The van der Waals surface area contributed by atoms with Crippen molar-refractivity contribution in [3.05, 3.63) is 12.2 Å². The highest BCUT2D eigenvalue weighted by molar-refractivity contribution is 5.83. The van der Waals surface area contributed by atoms with Gasteiger partial charge in [-0.3, -0.25) is 9.89 Å².